The zero-order valence-corrected chi connectivity index (χ0v) is 23.2. The maximum atomic E-state index is 13.0. The number of unbranched alkanes of at least 4 members (excludes halogenated alkanes) is 4. The summed E-state index contributed by atoms with van der Waals surface area (Å²) < 4.78 is 23.1. The fraction of sp³-hybridized carbons (Fsp3) is 0.333. The highest BCUT2D eigenvalue weighted by atomic mass is 16.5. The number of hydrogen-bond acceptors (Lipinski definition) is 7. The van der Waals surface area contributed by atoms with Gasteiger partial charge in [-0.3, -0.25) is 0 Å². The molecule has 0 aliphatic carbocycles. The van der Waals surface area contributed by atoms with E-state index in [2.05, 4.69) is 13.0 Å². The van der Waals surface area contributed by atoms with E-state index in [-0.39, 0.29) is 5.88 Å². The summed E-state index contributed by atoms with van der Waals surface area (Å²) in [4.78, 5) is 13.0. The smallest absolute Gasteiger partial charge is 0.347 e. The molecule has 1 unspecified atom stereocenters. The lowest BCUT2D eigenvalue weighted by Gasteiger charge is -2.27. The summed E-state index contributed by atoms with van der Waals surface area (Å²) in [6.07, 6.45) is 6.71. The second-order valence-electron chi connectivity index (χ2n) is 9.69. The monoisotopic (exact) mass is 540 g/mol. The Hall–Kier alpha value is -4.44. The van der Waals surface area contributed by atoms with E-state index in [1.54, 1.807) is 36.4 Å². The Morgan fingerprint density at radius 3 is 2.40 bits per heavy atom. The largest absolute Gasteiger partial charge is 0.494 e. The fourth-order valence-corrected chi connectivity index (χ4v) is 4.63. The zero-order chi connectivity index (χ0) is 28.3. The summed E-state index contributed by atoms with van der Waals surface area (Å²) in [5.74, 6) is 1.03. The Morgan fingerprint density at radius 1 is 0.900 bits per heavy atom. The predicted molar refractivity (Wildman–Crippen MR) is 154 cm³/mol. The molecule has 0 radical (unpaired) electrons. The van der Waals surface area contributed by atoms with Crippen LogP contribution in [0, 0.1) is 11.3 Å². The molecule has 3 aromatic rings. The normalized spacial score (nSPS) is 14.1. The molecule has 0 saturated heterocycles. The Balaban J connectivity index is 1.51. The first kappa shape index (κ1) is 28.6. The van der Waals surface area contributed by atoms with Gasteiger partial charge in [0.25, 0.3) is 0 Å². The van der Waals surface area contributed by atoms with Gasteiger partial charge in [0.15, 0.2) is 0 Å². The molecule has 40 heavy (non-hydrogen) atoms. The molecular weight excluding hydrogens is 504 g/mol. The summed E-state index contributed by atoms with van der Waals surface area (Å²) in [6, 6.07) is 22.0. The van der Waals surface area contributed by atoms with Crippen LogP contribution in [-0.4, -0.2) is 19.2 Å². The third-order valence-electron chi connectivity index (χ3n) is 6.70. The third kappa shape index (κ3) is 6.95. The van der Waals surface area contributed by atoms with Crippen LogP contribution in [0.5, 0.6) is 23.0 Å². The van der Waals surface area contributed by atoms with Crippen molar-refractivity contribution < 1.29 is 23.7 Å². The number of ether oxygens (including phenoxy) is 4. The van der Waals surface area contributed by atoms with Crippen LogP contribution in [0.3, 0.4) is 0 Å². The van der Waals surface area contributed by atoms with E-state index in [9.17, 15) is 10.1 Å². The van der Waals surface area contributed by atoms with E-state index >= 15 is 0 Å². The quantitative estimate of drug-likeness (QED) is 0.138. The summed E-state index contributed by atoms with van der Waals surface area (Å²) in [5.41, 5.74) is 8.46. The van der Waals surface area contributed by atoms with Gasteiger partial charge in [-0.1, -0.05) is 69.9 Å². The van der Waals surface area contributed by atoms with Gasteiger partial charge < -0.3 is 24.7 Å². The predicted octanol–water partition coefficient (Wildman–Crippen LogP) is 7.26. The molecular formula is C33H36N2O5. The van der Waals surface area contributed by atoms with Crippen LogP contribution in [-0.2, 0) is 0 Å². The molecule has 7 heteroatoms. The van der Waals surface area contributed by atoms with Gasteiger partial charge in [0, 0.05) is 11.6 Å². The maximum Gasteiger partial charge on any atom is 0.347 e. The summed E-state index contributed by atoms with van der Waals surface area (Å²) in [5, 5.41) is 9.89. The summed E-state index contributed by atoms with van der Waals surface area (Å²) in [6.45, 7) is 5.37. The van der Waals surface area contributed by atoms with Gasteiger partial charge in [-0.25, -0.2) is 4.79 Å². The Bertz CT molecular complexity index is 1370. The number of carbonyl (C=O) groups excluding carboxylic acids is 1. The maximum absolute atomic E-state index is 13.0. The molecule has 4 rings (SSSR count). The second-order valence-corrected chi connectivity index (χ2v) is 9.69. The minimum absolute atomic E-state index is 0.0224. The van der Waals surface area contributed by atoms with E-state index in [0.29, 0.717) is 41.6 Å². The van der Waals surface area contributed by atoms with Gasteiger partial charge in [-0.15, -0.1) is 0 Å². The van der Waals surface area contributed by atoms with Crippen molar-refractivity contribution in [3.05, 3.63) is 94.9 Å². The lowest BCUT2D eigenvalue weighted by atomic mass is 9.83. The first-order valence-electron chi connectivity index (χ1n) is 13.9. The minimum Gasteiger partial charge on any atom is -0.494 e. The van der Waals surface area contributed by atoms with Crippen molar-refractivity contribution in [2.45, 2.75) is 58.3 Å². The Labute approximate surface area is 236 Å². The number of esters is 1. The minimum atomic E-state index is -0.541. The molecule has 208 valence electrons. The van der Waals surface area contributed by atoms with Crippen molar-refractivity contribution in [1.82, 2.24) is 0 Å². The number of benzene rings is 3. The number of nitrogens with zero attached hydrogens (tertiary/aromatic N) is 1. The molecule has 0 amide bonds. The van der Waals surface area contributed by atoms with Crippen molar-refractivity contribution in [3.8, 4) is 29.1 Å². The van der Waals surface area contributed by atoms with Crippen molar-refractivity contribution in [3.63, 3.8) is 0 Å². The molecule has 1 heterocycles. The SMILES string of the molecule is CCCCCCCOc1ccc(C2C(C#N)=C(N)Oc3cc(OC(=O)c4ccccc4OCCC)ccc32)cc1. The van der Waals surface area contributed by atoms with Crippen LogP contribution in [0.15, 0.2) is 78.2 Å². The van der Waals surface area contributed by atoms with Crippen molar-refractivity contribution in [1.29, 1.82) is 5.26 Å². The Morgan fingerprint density at radius 2 is 1.65 bits per heavy atom. The number of allylic oxidation sites excluding steroid dienone is 1. The number of carbonyl (C=O) groups is 1. The molecule has 0 spiro atoms. The number of hydrogen-bond donors (Lipinski definition) is 1. The fourth-order valence-electron chi connectivity index (χ4n) is 4.63. The molecule has 7 nitrogen and oxygen atoms in total. The third-order valence-corrected chi connectivity index (χ3v) is 6.70. The van der Waals surface area contributed by atoms with Gasteiger partial charge in [-0.05, 0) is 48.7 Å². The highest BCUT2D eigenvalue weighted by Gasteiger charge is 2.31. The molecule has 2 N–H and O–H groups in total. The average molecular weight is 541 g/mol. The highest BCUT2D eigenvalue weighted by molar-refractivity contribution is 5.94. The molecule has 3 aromatic carbocycles. The Kier molecular flexibility index (Phi) is 10.1. The van der Waals surface area contributed by atoms with Crippen molar-refractivity contribution in [2.75, 3.05) is 13.2 Å². The van der Waals surface area contributed by atoms with E-state index in [0.717, 1.165) is 36.1 Å². The van der Waals surface area contributed by atoms with Crippen LogP contribution in [0.1, 0.15) is 79.8 Å². The van der Waals surface area contributed by atoms with Gasteiger partial charge in [0.2, 0.25) is 5.88 Å². The molecule has 1 aliphatic rings. The first-order valence-corrected chi connectivity index (χ1v) is 13.9. The number of fused-ring (bicyclic) bond motifs is 1. The number of para-hydroxylation sites is 1. The first-order chi connectivity index (χ1) is 19.5. The lowest BCUT2D eigenvalue weighted by Crippen LogP contribution is -2.21. The molecule has 0 bridgehead atoms. The molecule has 1 atom stereocenters. The van der Waals surface area contributed by atoms with E-state index in [1.165, 1.54) is 19.3 Å². The highest BCUT2D eigenvalue weighted by Crippen LogP contribution is 2.43. The van der Waals surface area contributed by atoms with Crippen LogP contribution in [0.4, 0.5) is 0 Å². The zero-order valence-electron chi connectivity index (χ0n) is 23.2. The van der Waals surface area contributed by atoms with Crippen molar-refractivity contribution in [2.24, 2.45) is 5.73 Å². The average Bonchev–Trinajstić information content (AvgIpc) is 2.97. The standard InChI is InChI=1S/C33H36N2O5/c1-3-5-6-7-10-20-37-24-15-13-23(14-16-24)31-26-18-17-25(21-30(26)40-32(35)28(31)22-34)39-33(36)27-11-8-9-12-29(27)38-19-4-2/h8-9,11-18,21,31H,3-7,10,19-20,35H2,1-2H3. The number of nitriles is 1. The van der Waals surface area contributed by atoms with E-state index in [1.807, 2.05) is 37.3 Å². The van der Waals surface area contributed by atoms with Crippen molar-refractivity contribution >= 4 is 5.97 Å². The van der Waals surface area contributed by atoms with Crippen LogP contribution in [0.25, 0.3) is 0 Å². The number of rotatable bonds is 13. The van der Waals surface area contributed by atoms with Gasteiger partial charge >= 0.3 is 5.97 Å². The second kappa shape index (κ2) is 14.1. The van der Waals surface area contributed by atoms with Crippen LogP contribution in [0.2, 0.25) is 0 Å². The number of nitrogens with two attached hydrogens (primary N) is 1. The van der Waals surface area contributed by atoms with Gasteiger partial charge in [0.1, 0.15) is 40.2 Å². The van der Waals surface area contributed by atoms with E-state index in [4.69, 9.17) is 24.7 Å². The summed E-state index contributed by atoms with van der Waals surface area (Å²) >= 11 is 0. The van der Waals surface area contributed by atoms with Crippen LogP contribution < -0.4 is 24.7 Å². The molecule has 0 saturated carbocycles. The molecule has 1 aliphatic heterocycles. The summed E-state index contributed by atoms with van der Waals surface area (Å²) in [7, 11) is 0. The molecule has 0 aromatic heterocycles. The topological polar surface area (TPSA) is 104 Å². The lowest BCUT2D eigenvalue weighted by molar-refractivity contribution is 0.0730. The molecule has 0 fully saturated rings. The van der Waals surface area contributed by atoms with Gasteiger partial charge in [0.05, 0.1) is 19.1 Å². The van der Waals surface area contributed by atoms with Gasteiger partial charge in [-0.2, -0.15) is 5.26 Å². The van der Waals surface area contributed by atoms with E-state index < -0.39 is 11.9 Å². The van der Waals surface area contributed by atoms with Crippen LogP contribution >= 0.6 is 0 Å².